The van der Waals surface area contributed by atoms with Crippen molar-refractivity contribution in [3.63, 3.8) is 0 Å². The van der Waals surface area contributed by atoms with E-state index in [2.05, 4.69) is 13.8 Å². The molecule has 16 heavy (non-hydrogen) atoms. The van der Waals surface area contributed by atoms with Gasteiger partial charge in [-0.1, -0.05) is 26.0 Å². The van der Waals surface area contributed by atoms with Gasteiger partial charge in [0.2, 0.25) is 0 Å². The molecule has 0 radical (unpaired) electrons. The van der Waals surface area contributed by atoms with E-state index in [4.69, 9.17) is 10.6 Å². The third kappa shape index (κ3) is 3.55. The van der Waals surface area contributed by atoms with Crippen molar-refractivity contribution in [2.24, 2.45) is 5.84 Å². The fourth-order valence-electron chi connectivity index (χ4n) is 1.32. The van der Waals surface area contributed by atoms with Gasteiger partial charge in [0.15, 0.2) is 6.61 Å². The molecular weight excluding hydrogens is 204 g/mol. The molecule has 0 fully saturated rings. The van der Waals surface area contributed by atoms with Gasteiger partial charge in [-0.05, 0) is 30.0 Å². The number of hydrogen-bond acceptors (Lipinski definition) is 3. The topological polar surface area (TPSA) is 64.3 Å². The second-order valence-electron chi connectivity index (χ2n) is 3.73. The number of ether oxygens (including phenoxy) is 1. The molecular formula is C12H18N2O2. The van der Waals surface area contributed by atoms with Crippen LogP contribution in [0.2, 0.25) is 0 Å². The number of carbonyl (C=O) groups is 1. The van der Waals surface area contributed by atoms with E-state index in [0.717, 1.165) is 6.42 Å². The Kier molecular flexibility index (Phi) is 4.79. The molecule has 1 aromatic carbocycles. The predicted molar refractivity (Wildman–Crippen MR) is 63.0 cm³/mol. The molecule has 1 aromatic rings. The van der Waals surface area contributed by atoms with Crippen LogP contribution in [-0.4, -0.2) is 12.5 Å². The first-order valence-electron chi connectivity index (χ1n) is 5.39. The summed E-state index contributed by atoms with van der Waals surface area (Å²) in [6.07, 6.45) is 1.11. The Morgan fingerprint density at radius 1 is 1.44 bits per heavy atom. The number of hydrogen-bond donors (Lipinski definition) is 2. The Labute approximate surface area is 95.8 Å². The molecule has 0 unspecified atom stereocenters. The van der Waals surface area contributed by atoms with Gasteiger partial charge in [0.25, 0.3) is 5.91 Å². The molecule has 1 atom stereocenters. The lowest BCUT2D eigenvalue weighted by atomic mass is 9.99. The largest absolute Gasteiger partial charge is 0.484 e. The first-order chi connectivity index (χ1) is 7.67. The summed E-state index contributed by atoms with van der Waals surface area (Å²) in [5.41, 5.74) is 3.29. The summed E-state index contributed by atoms with van der Waals surface area (Å²) in [7, 11) is 0. The van der Waals surface area contributed by atoms with E-state index in [1.54, 1.807) is 0 Å². The minimum Gasteiger partial charge on any atom is -0.484 e. The monoisotopic (exact) mass is 222 g/mol. The number of rotatable bonds is 5. The van der Waals surface area contributed by atoms with Crippen molar-refractivity contribution in [1.82, 2.24) is 5.43 Å². The molecule has 0 bridgehead atoms. The van der Waals surface area contributed by atoms with E-state index in [1.807, 2.05) is 29.7 Å². The number of nitrogens with one attached hydrogen (secondary N) is 1. The standard InChI is InChI=1S/C12H18N2O2/c1-3-9(2)10-4-6-11(7-5-10)16-8-12(15)14-13/h4-7,9H,3,8,13H2,1-2H3,(H,14,15)/t9-/m0/s1. The van der Waals surface area contributed by atoms with Crippen LogP contribution in [0.5, 0.6) is 5.75 Å². The van der Waals surface area contributed by atoms with Crippen molar-refractivity contribution in [3.8, 4) is 5.75 Å². The Balaban J connectivity index is 2.54. The van der Waals surface area contributed by atoms with Crippen LogP contribution in [0.4, 0.5) is 0 Å². The Morgan fingerprint density at radius 2 is 2.06 bits per heavy atom. The lowest BCUT2D eigenvalue weighted by Gasteiger charge is -2.10. The van der Waals surface area contributed by atoms with Gasteiger partial charge in [0.05, 0.1) is 0 Å². The summed E-state index contributed by atoms with van der Waals surface area (Å²) >= 11 is 0. The number of amides is 1. The van der Waals surface area contributed by atoms with Gasteiger partial charge in [0.1, 0.15) is 5.75 Å². The zero-order valence-corrected chi connectivity index (χ0v) is 9.69. The lowest BCUT2D eigenvalue weighted by molar-refractivity contribution is -0.123. The highest BCUT2D eigenvalue weighted by atomic mass is 16.5. The van der Waals surface area contributed by atoms with Crippen LogP contribution in [-0.2, 0) is 4.79 Å². The van der Waals surface area contributed by atoms with Gasteiger partial charge in [-0.3, -0.25) is 10.2 Å². The molecule has 88 valence electrons. The molecule has 4 heteroatoms. The molecule has 0 spiro atoms. The second kappa shape index (κ2) is 6.12. The van der Waals surface area contributed by atoms with Crippen molar-refractivity contribution in [3.05, 3.63) is 29.8 Å². The highest BCUT2D eigenvalue weighted by Gasteiger charge is 2.03. The Bertz CT molecular complexity index is 335. The number of carbonyl (C=O) groups excluding carboxylic acids is 1. The summed E-state index contributed by atoms with van der Waals surface area (Å²) in [4.78, 5) is 10.8. The van der Waals surface area contributed by atoms with E-state index in [9.17, 15) is 4.79 Å². The third-order valence-corrected chi connectivity index (χ3v) is 2.59. The van der Waals surface area contributed by atoms with Crippen LogP contribution in [0.15, 0.2) is 24.3 Å². The summed E-state index contributed by atoms with van der Waals surface area (Å²) < 4.78 is 5.24. The summed E-state index contributed by atoms with van der Waals surface area (Å²) in [5.74, 6) is 5.82. The smallest absolute Gasteiger partial charge is 0.271 e. The molecule has 1 rings (SSSR count). The molecule has 4 nitrogen and oxygen atoms in total. The van der Waals surface area contributed by atoms with Crippen LogP contribution < -0.4 is 16.0 Å². The molecule has 1 amide bonds. The molecule has 0 aliphatic heterocycles. The molecule has 3 N–H and O–H groups in total. The van der Waals surface area contributed by atoms with Crippen molar-refractivity contribution < 1.29 is 9.53 Å². The van der Waals surface area contributed by atoms with Crippen LogP contribution in [0, 0.1) is 0 Å². The highest BCUT2D eigenvalue weighted by molar-refractivity contribution is 5.76. The van der Waals surface area contributed by atoms with Crippen molar-refractivity contribution >= 4 is 5.91 Å². The highest BCUT2D eigenvalue weighted by Crippen LogP contribution is 2.21. The van der Waals surface area contributed by atoms with Gasteiger partial charge in [-0.15, -0.1) is 0 Å². The van der Waals surface area contributed by atoms with Crippen LogP contribution in [0.1, 0.15) is 31.7 Å². The van der Waals surface area contributed by atoms with E-state index in [0.29, 0.717) is 11.7 Å². The van der Waals surface area contributed by atoms with Crippen molar-refractivity contribution in [2.45, 2.75) is 26.2 Å². The van der Waals surface area contributed by atoms with Gasteiger partial charge in [0, 0.05) is 0 Å². The summed E-state index contributed by atoms with van der Waals surface area (Å²) in [5, 5.41) is 0. The van der Waals surface area contributed by atoms with E-state index >= 15 is 0 Å². The molecule has 0 saturated carbocycles. The maximum Gasteiger partial charge on any atom is 0.271 e. The summed E-state index contributed by atoms with van der Waals surface area (Å²) in [6, 6.07) is 7.77. The zero-order chi connectivity index (χ0) is 12.0. The first kappa shape index (κ1) is 12.5. The number of hydrazine groups is 1. The predicted octanol–water partition coefficient (Wildman–Crippen LogP) is 1.57. The van der Waals surface area contributed by atoms with Crippen LogP contribution >= 0.6 is 0 Å². The van der Waals surface area contributed by atoms with Crippen molar-refractivity contribution in [1.29, 1.82) is 0 Å². The molecule has 0 aliphatic rings. The van der Waals surface area contributed by atoms with Gasteiger partial charge in [-0.2, -0.15) is 0 Å². The van der Waals surface area contributed by atoms with Gasteiger partial charge >= 0.3 is 0 Å². The first-order valence-corrected chi connectivity index (χ1v) is 5.39. The van der Waals surface area contributed by atoms with E-state index < -0.39 is 0 Å². The average molecular weight is 222 g/mol. The van der Waals surface area contributed by atoms with Crippen LogP contribution in [0.25, 0.3) is 0 Å². The second-order valence-corrected chi connectivity index (χ2v) is 3.73. The van der Waals surface area contributed by atoms with Crippen molar-refractivity contribution in [2.75, 3.05) is 6.61 Å². The lowest BCUT2D eigenvalue weighted by Crippen LogP contribution is -2.34. The minimum atomic E-state index is -0.342. The normalized spacial score (nSPS) is 11.9. The van der Waals surface area contributed by atoms with E-state index in [-0.39, 0.29) is 12.5 Å². The number of nitrogens with two attached hydrogens (primary N) is 1. The molecule has 0 aliphatic carbocycles. The molecule has 0 aromatic heterocycles. The summed E-state index contributed by atoms with van der Waals surface area (Å²) in [6.45, 7) is 4.28. The van der Waals surface area contributed by atoms with Gasteiger partial charge in [-0.25, -0.2) is 5.84 Å². The number of benzene rings is 1. The zero-order valence-electron chi connectivity index (χ0n) is 9.69. The fourth-order valence-corrected chi connectivity index (χ4v) is 1.32. The minimum absolute atomic E-state index is 0.0564. The maximum absolute atomic E-state index is 10.8. The third-order valence-electron chi connectivity index (χ3n) is 2.59. The fraction of sp³-hybridized carbons (Fsp3) is 0.417. The van der Waals surface area contributed by atoms with Crippen LogP contribution in [0.3, 0.4) is 0 Å². The Morgan fingerprint density at radius 3 is 2.56 bits per heavy atom. The SMILES string of the molecule is CC[C@H](C)c1ccc(OCC(=O)NN)cc1. The molecule has 0 saturated heterocycles. The molecule has 0 heterocycles. The Hall–Kier alpha value is -1.55. The van der Waals surface area contributed by atoms with Gasteiger partial charge < -0.3 is 4.74 Å². The van der Waals surface area contributed by atoms with E-state index in [1.165, 1.54) is 5.56 Å². The quantitative estimate of drug-likeness (QED) is 0.451. The average Bonchev–Trinajstić information content (AvgIpc) is 2.35. The maximum atomic E-state index is 10.8.